The van der Waals surface area contributed by atoms with Crippen molar-refractivity contribution in [2.45, 2.75) is 20.3 Å². The smallest absolute Gasteiger partial charge is 0.253 e. The molecule has 1 aliphatic heterocycles. The molecule has 0 saturated heterocycles. The highest BCUT2D eigenvalue weighted by molar-refractivity contribution is 9.10. The van der Waals surface area contributed by atoms with Crippen molar-refractivity contribution >= 4 is 33.2 Å². The minimum absolute atomic E-state index is 0.0376. The van der Waals surface area contributed by atoms with Crippen molar-refractivity contribution in [3.05, 3.63) is 28.7 Å². The number of anilines is 1. The van der Waals surface area contributed by atoms with Gasteiger partial charge in [0.25, 0.3) is 5.91 Å². The Labute approximate surface area is 103 Å². The van der Waals surface area contributed by atoms with E-state index in [0.29, 0.717) is 12.3 Å². The number of halogens is 1. The predicted molar refractivity (Wildman–Crippen MR) is 68.5 cm³/mol. The SMILES string of the molecule is CC(C)C1=NN(c2ccccc2Br)C(=O)C1. The van der Waals surface area contributed by atoms with Crippen molar-refractivity contribution in [1.82, 2.24) is 0 Å². The van der Waals surface area contributed by atoms with Gasteiger partial charge in [-0.1, -0.05) is 26.0 Å². The number of hydrogen-bond acceptors (Lipinski definition) is 2. The minimum atomic E-state index is 0.0376. The Morgan fingerprint density at radius 2 is 2.06 bits per heavy atom. The van der Waals surface area contributed by atoms with Crippen LogP contribution in [0.15, 0.2) is 33.8 Å². The number of rotatable bonds is 2. The lowest BCUT2D eigenvalue weighted by atomic mass is 10.1. The number of para-hydroxylation sites is 1. The normalized spacial score (nSPS) is 15.9. The molecule has 4 heteroatoms. The van der Waals surface area contributed by atoms with E-state index in [-0.39, 0.29) is 5.91 Å². The molecule has 84 valence electrons. The molecule has 0 spiro atoms. The number of amides is 1. The molecule has 1 heterocycles. The molecular weight excluding hydrogens is 268 g/mol. The summed E-state index contributed by atoms with van der Waals surface area (Å²) in [6.45, 7) is 4.10. The third-order valence-electron chi connectivity index (χ3n) is 2.54. The zero-order chi connectivity index (χ0) is 11.7. The number of hydrazone groups is 1. The third-order valence-corrected chi connectivity index (χ3v) is 3.21. The van der Waals surface area contributed by atoms with Gasteiger partial charge in [0.1, 0.15) is 0 Å². The van der Waals surface area contributed by atoms with Gasteiger partial charge in [-0.25, -0.2) is 0 Å². The maximum absolute atomic E-state index is 11.8. The molecule has 16 heavy (non-hydrogen) atoms. The number of benzene rings is 1. The summed E-state index contributed by atoms with van der Waals surface area (Å²) < 4.78 is 0.886. The van der Waals surface area contributed by atoms with Crippen LogP contribution in [0.3, 0.4) is 0 Å². The molecule has 1 aromatic carbocycles. The maximum Gasteiger partial charge on any atom is 0.253 e. The van der Waals surface area contributed by atoms with Gasteiger partial charge in [0, 0.05) is 4.47 Å². The van der Waals surface area contributed by atoms with Gasteiger partial charge in [-0.15, -0.1) is 0 Å². The second-order valence-corrected chi connectivity index (χ2v) is 4.93. The first-order valence-corrected chi connectivity index (χ1v) is 6.03. The fraction of sp³-hybridized carbons (Fsp3) is 0.333. The van der Waals surface area contributed by atoms with Crippen molar-refractivity contribution in [1.29, 1.82) is 0 Å². The first-order valence-electron chi connectivity index (χ1n) is 5.24. The van der Waals surface area contributed by atoms with Crippen LogP contribution in [0.1, 0.15) is 20.3 Å². The summed E-state index contributed by atoms with van der Waals surface area (Å²) in [5.74, 6) is 0.354. The Bertz CT molecular complexity index is 454. The van der Waals surface area contributed by atoms with E-state index in [1.54, 1.807) is 0 Å². The van der Waals surface area contributed by atoms with Crippen LogP contribution in [0.2, 0.25) is 0 Å². The van der Waals surface area contributed by atoms with Crippen LogP contribution in [-0.4, -0.2) is 11.6 Å². The largest absolute Gasteiger partial charge is 0.272 e. The van der Waals surface area contributed by atoms with Crippen LogP contribution < -0.4 is 5.01 Å². The molecule has 0 radical (unpaired) electrons. The molecule has 1 aliphatic rings. The fourth-order valence-corrected chi connectivity index (χ4v) is 2.03. The van der Waals surface area contributed by atoms with E-state index in [9.17, 15) is 4.79 Å². The zero-order valence-corrected chi connectivity index (χ0v) is 10.9. The molecule has 1 amide bonds. The van der Waals surface area contributed by atoms with Crippen LogP contribution in [0.4, 0.5) is 5.69 Å². The quantitative estimate of drug-likeness (QED) is 0.819. The summed E-state index contributed by atoms with van der Waals surface area (Å²) in [5, 5.41) is 5.86. The lowest BCUT2D eigenvalue weighted by Crippen LogP contribution is -2.19. The molecule has 0 saturated carbocycles. The van der Waals surface area contributed by atoms with Gasteiger partial charge in [-0.05, 0) is 34.0 Å². The standard InChI is InChI=1S/C12H13BrN2O/c1-8(2)10-7-12(16)15(14-10)11-6-4-3-5-9(11)13/h3-6,8H,7H2,1-2H3. The average molecular weight is 281 g/mol. The Morgan fingerprint density at radius 3 is 2.62 bits per heavy atom. The van der Waals surface area contributed by atoms with E-state index in [1.807, 2.05) is 24.3 Å². The summed E-state index contributed by atoms with van der Waals surface area (Å²) in [6, 6.07) is 7.61. The molecule has 0 aromatic heterocycles. The van der Waals surface area contributed by atoms with Crippen molar-refractivity contribution in [3.8, 4) is 0 Å². The van der Waals surface area contributed by atoms with E-state index in [0.717, 1.165) is 15.9 Å². The Hall–Kier alpha value is -1.16. The Kier molecular flexibility index (Phi) is 3.10. The van der Waals surface area contributed by atoms with E-state index >= 15 is 0 Å². The summed E-state index contributed by atoms with van der Waals surface area (Å²) in [6.07, 6.45) is 0.430. The topological polar surface area (TPSA) is 32.7 Å². The molecular formula is C12H13BrN2O. The molecule has 0 aliphatic carbocycles. The van der Waals surface area contributed by atoms with Gasteiger partial charge < -0.3 is 0 Å². The highest BCUT2D eigenvalue weighted by Gasteiger charge is 2.27. The highest BCUT2D eigenvalue weighted by Crippen LogP contribution is 2.29. The van der Waals surface area contributed by atoms with Crippen molar-refractivity contribution < 1.29 is 4.79 Å². The Morgan fingerprint density at radius 1 is 1.38 bits per heavy atom. The highest BCUT2D eigenvalue weighted by atomic mass is 79.9. The van der Waals surface area contributed by atoms with Crippen LogP contribution in [0.25, 0.3) is 0 Å². The fourth-order valence-electron chi connectivity index (χ4n) is 1.58. The maximum atomic E-state index is 11.8. The molecule has 2 rings (SSSR count). The van der Waals surface area contributed by atoms with Crippen molar-refractivity contribution in [3.63, 3.8) is 0 Å². The molecule has 0 N–H and O–H groups in total. The van der Waals surface area contributed by atoms with E-state index in [2.05, 4.69) is 34.9 Å². The second-order valence-electron chi connectivity index (χ2n) is 4.08. The molecule has 3 nitrogen and oxygen atoms in total. The predicted octanol–water partition coefficient (Wildman–Crippen LogP) is 3.20. The molecule has 0 atom stereocenters. The van der Waals surface area contributed by atoms with E-state index < -0.39 is 0 Å². The molecule has 0 fully saturated rings. The third kappa shape index (κ3) is 2.02. The van der Waals surface area contributed by atoms with Crippen molar-refractivity contribution in [2.24, 2.45) is 11.0 Å². The van der Waals surface area contributed by atoms with Gasteiger partial charge in [-0.2, -0.15) is 10.1 Å². The van der Waals surface area contributed by atoms with E-state index in [1.165, 1.54) is 5.01 Å². The van der Waals surface area contributed by atoms with Crippen LogP contribution in [0, 0.1) is 5.92 Å². The molecule has 0 unspecified atom stereocenters. The van der Waals surface area contributed by atoms with Gasteiger partial charge in [0.05, 0.1) is 17.8 Å². The molecule has 0 bridgehead atoms. The van der Waals surface area contributed by atoms with Gasteiger partial charge in [-0.3, -0.25) is 4.79 Å². The lowest BCUT2D eigenvalue weighted by Gasteiger charge is -2.13. The number of carbonyl (C=O) groups is 1. The second kappa shape index (κ2) is 4.37. The number of hydrogen-bond donors (Lipinski definition) is 0. The van der Waals surface area contributed by atoms with Crippen LogP contribution >= 0.6 is 15.9 Å². The first kappa shape index (κ1) is 11.3. The average Bonchev–Trinajstić information content (AvgIpc) is 2.61. The summed E-state index contributed by atoms with van der Waals surface area (Å²) >= 11 is 3.43. The van der Waals surface area contributed by atoms with Crippen LogP contribution in [-0.2, 0) is 4.79 Å². The monoisotopic (exact) mass is 280 g/mol. The number of nitrogens with zero attached hydrogens (tertiary/aromatic N) is 2. The summed E-state index contributed by atoms with van der Waals surface area (Å²) in [7, 11) is 0. The lowest BCUT2D eigenvalue weighted by molar-refractivity contribution is -0.116. The zero-order valence-electron chi connectivity index (χ0n) is 9.27. The van der Waals surface area contributed by atoms with Crippen molar-refractivity contribution in [2.75, 3.05) is 5.01 Å². The first-order chi connectivity index (χ1) is 7.59. The van der Waals surface area contributed by atoms with Gasteiger partial charge in [0.2, 0.25) is 0 Å². The summed E-state index contributed by atoms with van der Waals surface area (Å²) in [4.78, 5) is 11.8. The van der Waals surface area contributed by atoms with Gasteiger partial charge in [0.15, 0.2) is 0 Å². The summed E-state index contributed by atoms with van der Waals surface area (Å²) in [5.41, 5.74) is 1.75. The molecule has 1 aromatic rings. The van der Waals surface area contributed by atoms with Gasteiger partial charge >= 0.3 is 0 Å². The number of carbonyl (C=O) groups excluding carboxylic acids is 1. The van der Waals surface area contributed by atoms with E-state index in [4.69, 9.17) is 0 Å². The Balaban J connectivity index is 2.36. The minimum Gasteiger partial charge on any atom is -0.272 e. The van der Waals surface area contributed by atoms with Crippen LogP contribution in [0.5, 0.6) is 0 Å².